The van der Waals surface area contributed by atoms with E-state index >= 15 is 8.78 Å². The summed E-state index contributed by atoms with van der Waals surface area (Å²) in [6.45, 7) is 2.52. The Hall–Kier alpha value is -3.77. The van der Waals surface area contributed by atoms with Gasteiger partial charge in [-0.05, 0) is 104 Å². The number of halogens is 3. The topological polar surface area (TPSA) is 111 Å². The molecule has 1 aliphatic carbocycles. The highest BCUT2D eigenvalue weighted by molar-refractivity contribution is 7.89. The first-order valence-corrected chi connectivity index (χ1v) is 18.5. The number of benzene rings is 4. The molecular formula is C37H40ClF2N3O5S. The van der Waals surface area contributed by atoms with Gasteiger partial charge in [0, 0.05) is 24.7 Å². The average Bonchev–Trinajstić information content (AvgIpc) is 3.61. The van der Waals surface area contributed by atoms with Crippen LogP contribution in [0.1, 0.15) is 51.0 Å². The van der Waals surface area contributed by atoms with Crippen LogP contribution < -0.4 is 19.9 Å². The molecule has 2 fully saturated rings. The molecule has 0 spiro atoms. The van der Waals surface area contributed by atoms with Gasteiger partial charge in [-0.3, -0.25) is 4.79 Å². The van der Waals surface area contributed by atoms with Gasteiger partial charge in [0.05, 0.1) is 22.6 Å². The molecule has 1 amide bonds. The number of alkyl halides is 2. The van der Waals surface area contributed by atoms with E-state index in [0.29, 0.717) is 52.5 Å². The quantitative estimate of drug-likeness (QED) is 0.169. The number of fused-ring (bicyclic) bond motifs is 1. The van der Waals surface area contributed by atoms with E-state index in [1.165, 1.54) is 41.3 Å². The van der Waals surface area contributed by atoms with Crippen molar-refractivity contribution in [2.24, 2.45) is 5.73 Å². The van der Waals surface area contributed by atoms with Gasteiger partial charge in [0.2, 0.25) is 15.9 Å². The van der Waals surface area contributed by atoms with Gasteiger partial charge >= 0.3 is 0 Å². The molecule has 0 radical (unpaired) electrons. The number of likely N-dealkylation sites (tertiary alicyclic amines) is 1. The summed E-state index contributed by atoms with van der Waals surface area (Å²) in [7, 11) is -4.59. The fourth-order valence-corrected chi connectivity index (χ4v) is 7.84. The van der Waals surface area contributed by atoms with Gasteiger partial charge in [0.15, 0.2) is 6.04 Å². The number of amides is 1. The van der Waals surface area contributed by atoms with E-state index in [1.54, 1.807) is 36.4 Å². The van der Waals surface area contributed by atoms with Crippen LogP contribution in [0.2, 0.25) is 5.02 Å². The van der Waals surface area contributed by atoms with Crippen LogP contribution in [0.4, 0.5) is 8.78 Å². The number of ether oxygens (including phenoxy) is 2. The van der Waals surface area contributed by atoms with Crippen LogP contribution in [-0.4, -0.2) is 57.1 Å². The van der Waals surface area contributed by atoms with Gasteiger partial charge < -0.3 is 20.1 Å². The van der Waals surface area contributed by atoms with Crippen molar-refractivity contribution < 1.29 is 31.5 Å². The summed E-state index contributed by atoms with van der Waals surface area (Å²) in [5.74, 6) is -3.78. The fraction of sp³-hybridized carbons (Fsp3) is 0.378. The predicted molar refractivity (Wildman–Crippen MR) is 187 cm³/mol. The molecule has 0 bridgehead atoms. The first-order chi connectivity index (χ1) is 23.4. The zero-order valence-electron chi connectivity index (χ0n) is 27.2. The molecule has 1 saturated carbocycles. The Morgan fingerprint density at radius 3 is 2.29 bits per heavy atom. The van der Waals surface area contributed by atoms with Gasteiger partial charge in [-0.1, -0.05) is 54.1 Å². The highest BCUT2D eigenvalue weighted by Gasteiger charge is 2.50. The maximum absolute atomic E-state index is 16.5. The van der Waals surface area contributed by atoms with E-state index in [-0.39, 0.29) is 30.1 Å². The van der Waals surface area contributed by atoms with Crippen molar-refractivity contribution in [1.29, 1.82) is 0 Å². The van der Waals surface area contributed by atoms with E-state index < -0.39 is 33.5 Å². The zero-order valence-corrected chi connectivity index (χ0v) is 28.8. The number of sulfonamides is 1. The minimum atomic E-state index is -4.59. The summed E-state index contributed by atoms with van der Waals surface area (Å²) in [4.78, 5) is 14.8. The standard InChI is InChI=1S/C37H40ClF2N3O5S/c1-2-47-34-23-27(11-16-33(34)38)24-7-12-28(13-8-24)37(39,40)35(36(44)43-19-17-29(41)18-20-43)42-49(45,46)32-15-10-25-21-31(14-9-26(25)22-32)48-30-5-3-4-6-30/h7-16,21-23,29-30,35,42H,2-6,17-20,41H2,1H3. The van der Waals surface area contributed by atoms with Crippen LogP contribution >= 0.6 is 11.6 Å². The minimum absolute atomic E-state index is 0.146. The van der Waals surface area contributed by atoms with Crippen LogP contribution in [0.3, 0.4) is 0 Å². The average molecular weight is 712 g/mol. The SMILES string of the molecule is CCOc1cc(-c2ccc(C(F)(F)C(NS(=O)(=O)c3ccc4cc(OC5CCCC5)ccc4c3)C(=O)N3CCC(N)CC3)cc2)ccc1Cl. The summed E-state index contributed by atoms with van der Waals surface area (Å²) in [5, 5.41) is 1.75. The Balaban J connectivity index is 1.29. The number of nitrogens with two attached hydrogens (primary N) is 1. The number of hydrogen-bond donors (Lipinski definition) is 2. The second-order valence-electron chi connectivity index (χ2n) is 12.7. The van der Waals surface area contributed by atoms with E-state index in [4.69, 9.17) is 26.8 Å². The number of nitrogens with one attached hydrogen (secondary N) is 1. The van der Waals surface area contributed by atoms with Crippen molar-refractivity contribution in [3.63, 3.8) is 0 Å². The Bertz CT molecular complexity index is 1910. The molecule has 1 aliphatic heterocycles. The highest BCUT2D eigenvalue weighted by atomic mass is 35.5. The molecule has 6 rings (SSSR count). The second kappa shape index (κ2) is 14.6. The van der Waals surface area contributed by atoms with Crippen LogP contribution in [0, 0.1) is 0 Å². The number of hydrogen-bond acceptors (Lipinski definition) is 6. The minimum Gasteiger partial charge on any atom is -0.492 e. The predicted octanol–water partition coefficient (Wildman–Crippen LogP) is 7.27. The molecule has 12 heteroatoms. The lowest BCUT2D eigenvalue weighted by atomic mass is 9.96. The molecule has 1 heterocycles. The Kier molecular flexibility index (Phi) is 10.5. The molecule has 1 saturated heterocycles. The normalized spacial score (nSPS) is 17.0. The summed E-state index contributed by atoms with van der Waals surface area (Å²) in [5.41, 5.74) is 6.78. The second-order valence-corrected chi connectivity index (χ2v) is 14.8. The van der Waals surface area contributed by atoms with Gasteiger partial charge in [-0.25, -0.2) is 8.42 Å². The number of carbonyl (C=O) groups is 1. The van der Waals surface area contributed by atoms with E-state index in [1.807, 2.05) is 13.0 Å². The third-order valence-corrected chi connectivity index (χ3v) is 11.0. The van der Waals surface area contributed by atoms with Gasteiger partial charge in [0.25, 0.3) is 5.92 Å². The van der Waals surface area contributed by atoms with Gasteiger partial charge in [0.1, 0.15) is 11.5 Å². The van der Waals surface area contributed by atoms with Gasteiger partial charge in [-0.15, -0.1) is 0 Å². The molecule has 3 N–H and O–H groups in total. The third kappa shape index (κ3) is 7.85. The van der Waals surface area contributed by atoms with Crippen molar-refractivity contribution in [2.75, 3.05) is 19.7 Å². The molecule has 4 aromatic rings. The zero-order chi connectivity index (χ0) is 34.8. The van der Waals surface area contributed by atoms with Crippen LogP contribution in [0.25, 0.3) is 21.9 Å². The van der Waals surface area contributed by atoms with Crippen molar-refractivity contribution in [3.8, 4) is 22.6 Å². The van der Waals surface area contributed by atoms with Crippen molar-refractivity contribution in [1.82, 2.24) is 9.62 Å². The molecule has 0 aromatic heterocycles. The van der Waals surface area contributed by atoms with Crippen LogP contribution in [0.15, 0.2) is 83.8 Å². The van der Waals surface area contributed by atoms with E-state index in [2.05, 4.69) is 4.72 Å². The first kappa shape index (κ1) is 35.1. The molecule has 1 unspecified atom stereocenters. The summed E-state index contributed by atoms with van der Waals surface area (Å²) >= 11 is 6.22. The van der Waals surface area contributed by atoms with E-state index in [9.17, 15) is 13.2 Å². The van der Waals surface area contributed by atoms with Crippen LogP contribution in [-0.2, 0) is 20.7 Å². The molecular weight excluding hydrogens is 672 g/mol. The molecule has 260 valence electrons. The lowest BCUT2D eigenvalue weighted by molar-refractivity contribution is -0.145. The van der Waals surface area contributed by atoms with Crippen molar-refractivity contribution in [3.05, 3.63) is 89.4 Å². The Morgan fingerprint density at radius 2 is 1.59 bits per heavy atom. The summed E-state index contributed by atoms with van der Waals surface area (Å²) < 4.78 is 74.3. The molecule has 4 aromatic carbocycles. The summed E-state index contributed by atoms with van der Waals surface area (Å²) in [6, 6.07) is 17.7. The largest absolute Gasteiger partial charge is 0.492 e. The fourth-order valence-electron chi connectivity index (χ4n) is 6.45. The Labute approximate surface area is 290 Å². The maximum Gasteiger partial charge on any atom is 0.298 e. The summed E-state index contributed by atoms with van der Waals surface area (Å²) in [6.07, 6.45) is 5.26. The number of carbonyl (C=O) groups excluding carboxylic acids is 1. The highest BCUT2D eigenvalue weighted by Crippen LogP contribution is 2.37. The Morgan fingerprint density at radius 1 is 0.939 bits per heavy atom. The lowest BCUT2D eigenvalue weighted by Crippen LogP contribution is -2.57. The van der Waals surface area contributed by atoms with E-state index in [0.717, 1.165) is 31.1 Å². The van der Waals surface area contributed by atoms with Gasteiger partial charge in [-0.2, -0.15) is 13.5 Å². The van der Waals surface area contributed by atoms with Crippen molar-refractivity contribution >= 4 is 38.3 Å². The van der Waals surface area contributed by atoms with Crippen LogP contribution in [0.5, 0.6) is 11.5 Å². The maximum atomic E-state index is 16.5. The number of nitrogens with zero attached hydrogens (tertiary/aromatic N) is 1. The number of piperidine rings is 1. The molecule has 8 nitrogen and oxygen atoms in total. The molecule has 49 heavy (non-hydrogen) atoms. The smallest absolute Gasteiger partial charge is 0.298 e. The van der Waals surface area contributed by atoms with Crippen molar-refractivity contribution in [2.45, 2.75) is 74.5 Å². The lowest BCUT2D eigenvalue weighted by Gasteiger charge is -2.35. The molecule has 2 aliphatic rings. The molecule has 1 atom stereocenters. The number of rotatable bonds is 11. The first-order valence-electron chi connectivity index (χ1n) is 16.6. The third-order valence-electron chi connectivity index (χ3n) is 9.27. The monoisotopic (exact) mass is 711 g/mol.